The zero-order valence-electron chi connectivity index (χ0n) is 11.2. The second-order valence-corrected chi connectivity index (χ2v) is 5.95. The van der Waals surface area contributed by atoms with E-state index < -0.39 is 11.6 Å². The van der Waals surface area contributed by atoms with E-state index in [9.17, 15) is 8.78 Å². The van der Waals surface area contributed by atoms with Gasteiger partial charge in [-0.3, -0.25) is 0 Å². The molecule has 0 bridgehead atoms. The first-order valence-corrected chi connectivity index (χ1v) is 7.08. The summed E-state index contributed by atoms with van der Waals surface area (Å²) in [7, 11) is 0. The Morgan fingerprint density at radius 2 is 1.89 bits per heavy atom. The van der Waals surface area contributed by atoms with Crippen LogP contribution in [0, 0.1) is 23.5 Å². The average Bonchev–Trinajstić information content (AvgIpc) is 2.76. The molecule has 1 fully saturated rings. The molecule has 1 nitrogen and oxygen atoms in total. The minimum absolute atomic E-state index is 0.431. The van der Waals surface area contributed by atoms with E-state index in [1.165, 1.54) is 31.7 Å². The quantitative estimate of drug-likeness (QED) is 0.800. The van der Waals surface area contributed by atoms with Crippen LogP contribution in [-0.4, -0.2) is 4.98 Å². The van der Waals surface area contributed by atoms with Crippen molar-refractivity contribution in [1.29, 1.82) is 0 Å². The van der Waals surface area contributed by atoms with Gasteiger partial charge in [-0.05, 0) is 42.7 Å². The summed E-state index contributed by atoms with van der Waals surface area (Å²) in [6.07, 6.45) is 7.77. The summed E-state index contributed by atoms with van der Waals surface area (Å²) in [4.78, 5) is 2.94. The molecule has 1 aromatic carbocycles. The Labute approximate surface area is 112 Å². The van der Waals surface area contributed by atoms with Crippen LogP contribution in [0.3, 0.4) is 0 Å². The third kappa shape index (κ3) is 2.51. The largest absolute Gasteiger partial charge is 0.359 e. The summed E-state index contributed by atoms with van der Waals surface area (Å²) < 4.78 is 26.9. The standard InChI is InChI=1S/C16H19F2N/c1-10-2-4-11(5-3-10)6-12-9-19-16-14(12)7-13(17)8-15(16)18/h7-11,19H,2-6H2,1H3. The predicted molar refractivity (Wildman–Crippen MR) is 73.0 cm³/mol. The molecule has 2 aromatic rings. The molecular formula is C16H19F2N. The van der Waals surface area contributed by atoms with Crippen LogP contribution in [0.4, 0.5) is 8.78 Å². The maximum Gasteiger partial charge on any atom is 0.150 e. The Kier molecular flexibility index (Phi) is 3.29. The summed E-state index contributed by atoms with van der Waals surface area (Å²) in [5.74, 6) is 0.484. The van der Waals surface area contributed by atoms with Crippen molar-refractivity contribution >= 4 is 10.9 Å². The number of fused-ring (bicyclic) bond motifs is 1. The van der Waals surface area contributed by atoms with Gasteiger partial charge in [-0.2, -0.15) is 0 Å². The zero-order valence-corrected chi connectivity index (χ0v) is 11.2. The third-order valence-electron chi connectivity index (χ3n) is 4.44. The Morgan fingerprint density at radius 1 is 1.16 bits per heavy atom. The number of aromatic amines is 1. The molecule has 0 amide bonds. The van der Waals surface area contributed by atoms with Crippen LogP contribution in [0.25, 0.3) is 10.9 Å². The van der Waals surface area contributed by atoms with E-state index >= 15 is 0 Å². The molecule has 3 rings (SSSR count). The fourth-order valence-corrected chi connectivity index (χ4v) is 3.22. The molecular weight excluding hydrogens is 244 g/mol. The van der Waals surface area contributed by atoms with Gasteiger partial charge in [0, 0.05) is 17.6 Å². The van der Waals surface area contributed by atoms with E-state index in [1.54, 1.807) is 0 Å². The van der Waals surface area contributed by atoms with E-state index in [4.69, 9.17) is 0 Å². The lowest BCUT2D eigenvalue weighted by molar-refractivity contribution is 0.289. The molecule has 3 heteroatoms. The van der Waals surface area contributed by atoms with Crippen molar-refractivity contribution in [2.75, 3.05) is 0 Å². The molecule has 1 aliphatic carbocycles. The van der Waals surface area contributed by atoms with Gasteiger partial charge in [0.2, 0.25) is 0 Å². The highest BCUT2D eigenvalue weighted by molar-refractivity contribution is 5.83. The maximum absolute atomic E-state index is 13.6. The summed E-state index contributed by atoms with van der Waals surface area (Å²) in [5.41, 5.74) is 1.48. The van der Waals surface area contributed by atoms with Crippen molar-refractivity contribution < 1.29 is 8.78 Å². The lowest BCUT2D eigenvalue weighted by atomic mass is 9.80. The number of hydrogen-bond acceptors (Lipinski definition) is 0. The van der Waals surface area contributed by atoms with Gasteiger partial charge in [-0.25, -0.2) is 8.78 Å². The van der Waals surface area contributed by atoms with Crippen LogP contribution < -0.4 is 0 Å². The van der Waals surface area contributed by atoms with Gasteiger partial charge >= 0.3 is 0 Å². The Morgan fingerprint density at radius 3 is 2.63 bits per heavy atom. The van der Waals surface area contributed by atoms with Crippen molar-refractivity contribution in [3.8, 4) is 0 Å². The number of benzene rings is 1. The molecule has 0 radical (unpaired) electrons. The summed E-state index contributed by atoms with van der Waals surface area (Å²) in [5, 5.41) is 0.705. The lowest BCUT2D eigenvalue weighted by Gasteiger charge is -2.25. The smallest absolute Gasteiger partial charge is 0.150 e. The van der Waals surface area contributed by atoms with Gasteiger partial charge in [-0.15, -0.1) is 0 Å². The van der Waals surface area contributed by atoms with E-state index in [2.05, 4.69) is 11.9 Å². The fourth-order valence-electron chi connectivity index (χ4n) is 3.22. The number of aromatic nitrogens is 1. The molecule has 1 aliphatic rings. The monoisotopic (exact) mass is 263 g/mol. The Balaban J connectivity index is 1.85. The highest BCUT2D eigenvalue weighted by Crippen LogP contribution is 2.32. The highest BCUT2D eigenvalue weighted by Gasteiger charge is 2.20. The molecule has 0 unspecified atom stereocenters. The minimum Gasteiger partial charge on any atom is -0.359 e. The number of H-pyrrole nitrogens is 1. The van der Waals surface area contributed by atoms with E-state index in [0.717, 1.165) is 24.0 Å². The zero-order chi connectivity index (χ0) is 13.4. The van der Waals surface area contributed by atoms with Crippen molar-refractivity contribution in [2.45, 2.75) is 39.0 Å². The molecule has 1 aromatic heterocycles. The van der Waals surface area contributed by atoms with Gasteiger partial charge in [-0.1, -0.05) is 19.8 Å². The van der Waals surface area contributed by atoms with Crippen molar-refractivity contribution in [1.82, 2.24) is 4.98 Å². The molecule has 1 N–H and O–H groups in total. The molecule has 102 valence electrons. The third-order valence-corrected chi connectivity index (χ3v) is 4.44. The van der Waals surface area contributed by atoms with Gasteiger partial charge in [0.25, 0.3) is 0 Å². The fraction of sp³-hybridized carbons (Fsp3) is 0.500. The van der Waals surface area contributed by atoms with Crippen LogP contribution in [0.2, 0.25) is 0 Å². The first kappa shape index (κ1) is 12.6. The second kappa shape index (κ2) is 4.95. The van der Waals surface area contributed by atoms with Crippen LogP contribution in [0.5, 0.6) is 0 Å². The number of halogens is 2. The average molecular weight is 263 g/mol. The molecule has 0 spiro atoms. The van der Waals surface area contributed by atoms with Gasteiger partial charge < -0.3 is 4.98 Å². The van der Waals surface area contributed by atoms with Gasteiger partial charge in [0.15, 0.2) is 0 Å². The van der Waals surface area contributed by atoms with E-state index in [0.29, 0.717) is 16.8 Å². The molecule has 19 heavy (non-hydrogen) atoms. The summed E-state index contributed by atoms with van der Waals surface area (Å²) >= 11 is 0. The van der Waals surface area contributed by atoms with Crippen LogP contribution >= 0.6 is 0 Å². The normalized spacial score (nSPS) is 23.9. The van der Waals surface area contributed by atoms with Crippen molar-refractivity contribution in [2.24, 2.45) is 11.8 Å². The number of rotatable bonds is 2. The van der Waals surface area contributed by atoms with Crippen LogP contribution in [0.1, 0.15) is 38.2 Å². The maximum atomic E-state index is 13.6. The van der Waals surface area contributed by atoms with Crippen LogP contribution in [-0.2, 0) is 6.42 Å². The van der Waals surface area contributed by atoms with Gasteiger partial charge in [0.1, 0.15) is 11.6 Å². The molecule has 0 aliphatic heterocycles. The molecule has 0 atom stereocenters. The molecule has 0 saturated heterocycles. The Bertz CT molecular complexity index is 580. The first-order valence-electron chi connectivity index (χ1n) is 7.08. The van der Waals surface area contributed by atoms with Crippen molar-refractivity contribution in [3.05, 3.63) is 35.5 Å². The summed E-state index contributed by atoms with van der Waals surface area (Å²) in [6, 6.07) is 2.38. The minimum atomic E-state index is -0.501. The number of hydrogen-bond donors (Lipinski definition) is 1. The predicted octanol–water partition coefficient (Wildman–Crippen LogP) is 4.81. The SMILES string of the molecule is CC1CCC(Cc2c[nH]c3c(F)cc(F)cc23)CC1. The highest BCUT2D eigenvalue weighted by atomic mass is 19.1. The van der Waals surface area contributed by atoms with Crippen LogP contribution in [0.15, 0.2) is 18.3 Å². The number of nitrogens with one attached hydrogen (secondary N) is 1. The van der Waals surface area contributed by atoms with E-state index in [-0.39, 0.29) is 0 Å². The summed E-state index contributed by atoms with van der Waals surface area (Å²) in [6.45, 7) is 2.30. The Hall–Kier alpha value is -1.38. The van der Waals surface area contributed by atoms with Gasteiger partial charge in [0.05, 0.1) is 5.52 Å². The second-order valence-electron chi connectivity index (χ2n) is 5.95. The van der Waals surface area contributed by atoms with Crippen molar-refractivity contribution in [3.63, 3.8) is 0 Å². The lowest BCUT2D eigenvalue weighted by Crippen LogP contribution is -2.14. The first-order chi connectivity index (χ1) is 9.13. The van der Waals surface area contributed by atoms with E-state index in [1.807, 2.05) is 6.20 Å². The topological polar surface area (TPSA) is 15.8 Å². The molecule has 1 saturated carbocycles. The molecule has 1 heterocycles.